The lowest BCUT2D eigenvalue weighted by Crippen LogP contribution is -2.46. The molecule has 1 aliphatic rings. The van der Waals surface area contributed by atoms with Crippen molar-refractivity contribution in [2.75, 3.05) is 7.11 Å². The Balaban J connectivity index is 2.59. The number of methoxy groups -OCH3 is 1. The van der Waals surface area contributed by atoms with Gasteiger partial charge < -0.3 is 14.6 Å². The van der Waals surface area contributed by atoms with Crippen molar-refractivity contribution in [2.24, 2.45) is 0 Å². The standard InChI is InChI=1S/C13H16ClN3O5/c1-4-5-13(14)9(21-3)8(7(2)18)22-10(13)17-6-15-11(19)16-12(17)20/h6-10,18H,1-3H3,(H,16,19,20)/t7-,8-,9+,10-,13?/m1/s1. The quantitative estimate of drug-likeness (QED) is 0.557. The first-order chi connectivity index (χ1) is 10.3. The number of aromatic amines is 1. The topological polar surface area (TPSA) is 106 Å². The van der Waals surface area contributed by atoms with Gasteiger partial charge in [-0.15, -0.1) is 5.92 Å². The molecule has 2 heterocycles. The van der Waals surface area contributed by atoms with Crippen LogP contribution < -0.4 is 11.4 Å². The van der Waals surface area contributed by atoms with E-state index in [4.69, 9.17) is 21.1 Å². The summed E-state index contributed by atoms with van der Waals surface area (Å²) in [5, 5.41) is 9.86. The molecule has 0 bridgehead atoms. The molecule has 0 spiro atoms. The molecule has 2 rings (SSSR count). The summed E-state index contributed by atoms with van der Waals surface area (Å²) in [5.41, 5.74) is -1.52. The third kappa shape index (κ3) is 2.68. The molecule has 1 aromatic rings. The molecule has 0 amide bonds. The molecule has 1 unspecified atom stereocenters. The van der Waals surface area contributed by atoms with Crippen LogP contribution in [-0.4, -0.2) is 49.9 Å². The van der Waals surface area contributed by atoms with Gasteiger partial charge in [-0.05, 0) is 13.8 Å². The predicted octanol–water partition coefficient (Wildman–Crippen LogP) is -0.774. The van der Waals surface area contributed by atoms with Crippen LogP contribution in [0, 0.1) is 11.8 Å². The van der Waals surface area contributed by atoms with Crippen LogP contribution in [0.3, 0.4) is 0 Å². The summed E-state index contributed by atoms with van der Waals surface area (Å²) in [6.07, 6.45) is -2.55. The Morgan fingerprint density at radius 2 is 2.32 bits per heavy atom. The molecule has 1 saturated heterocycles. The van der Waals surface area contributed by atoms with E-state index >= 15 is 0 Å². The zero-order chi connectivity index (χ0) is 16.5. The molecule has 0 saturated carbocycles. The second-order valence-electron chi connectivity index (χ2n) is 4.88. The molecule has 9 heteroatoms. The highest BCUT2D eigenvalue weighted by Gasteiger charge is 2.58. The number of halogens is 1. The number of aromatic nitrogens is 3. The number of hydrogen-bond acceptors (Lipinski definition) is 6. The van der Waals surface area contributed by atoms with Gasteiger partial charge in [0.2, 0.25) is 0 Å². The van der Waals surface area contributed by atoms with E-state index in [1.54, 1.807) is 6.92 Å². The summed E-state index contributed by atoms with van der Waals surface area (Å²) in [5.74, 6) is 5.45. The first-order valence-electron chi connectivity index (χ1n) is 6.51. The Morgan fingerprint density at radius 1 is 1.64 bits per heavy atom. The van der Waals surface area contributed by atoms with Gasteiger partial charge in [-0.2, -0.15) is 4.98 Å². The minimum atomic E-state index is -1.42. The monoisotopic (exact) mass is 329 g/mol. The van der Waals surface area contributed by atoms with E-state index in [-0.39, 0.29) is 0 Å². The molecule has 0 aromatic carbocycles. The highest BCUT2D eigenvalue weighted by Crippen LogP contribution is 2.44. The van der Waals surface area contributed by atoms with Crippen molar-refractivity contribution in [1.82, 2.24) is 14.5 Å². The van der Waals surface area contributed by atoms with Crippen molar-refractivity contribution in [2.45, 2.75) is 43.3 Å². The average molecular weight is 330 g/mol. The number of ether oxygens (including phenoxy) is 2. The second kappa shape index (κ2) is 6.22. The molecule has 1 aromatic heterocycles. The van der Waals surface area contributed by atoms with Gasteiger partial charge in [0.1, 0.15) is 18.5 Å². The fourth-order valence-electron chi connectivity index (χ4n) is 2.49. The lowest BCUT2D eigenvalue weighted by Gasteiger charge is -2.27. The molecule has 0 aliphatic carbocycles. The Labute approximate surface area is 131 Å². The van der Waals surface area contributed by atoms with Gasteiger partial charge in [-0.25, -0.2) is 9.59 Å². The molecule has 8 nitrogen and oxygen atoms in total. The van der Waals surface area contributed by atoms with Crippen molar-refractivity contribution in [3.63, 3.8) is 0 Å². The van der Waals surface area contributed by atoms with Gasteiger partial charge in [0.25, 0.3) is 0 Å². The van der Waals surface area contributed by atoms with Gasteiger partial charge in [0.05, 0.1) is 6.10 Å². The highest BCUT2D eigenvalue weighted by atomic mass is 35.5. The fourth-order valence-corrected chi connectivity index (χ4v) is 2.95. The van der Waals surface area contributed by atoms with Gasteiger partial charge in [-0.3, -0.25) is 9.55 Å². The van der Waals surface area contributed by atoms with Crippen molar-refractivity contribution in [3.8, 4) is 11.8 Å². The molecule has 120 valence electrons. The van der Waals surface area contributed by atoms with E-state index in [1.807, 2.05) is 4.98 Å². The number of nitrogens with zero attached hydrogens (tertiary/aromatic N) is 2. The van der Waals surface area contributed by atoms with Crippen molar-refractivity contribution in [1.29, 1.82) is 0 Å². The SMILES string of the molecule is CC#CC1(Cl)[C@@H](OC)[C@@H]([C@@H](C)O)O[C@H]1n1cnc(=O)[nH]c1=O. The molecule has 0 radical (unpaired) electrons. The van der Waals surface area contributed by atoms with E-state index in [1.165, 1.54) is 14.0 Å². The number of hydrogen-bond donors (Lipinski definition) is 2. The maximum Gasteiger partial charge on any atom is 0.350 e. The summed E-state index contributed by atoms with van der Waals surface area (Å²) in [4.78, 5) is 27.2. The van der Waals surface area contributed by atoms with Crippen LogP contribution in [0.4, 0.5) is 0 Å². The Hall–Kier alpha value is -1.66. The van der Waals surface area contributed by atoms with Crippen LogP contribution in [0.2, 0.25) is 0 Å². The van der Waals surface area contributed by atoms with Crippen LogP contribution in [0.1, 0.15) is 20.1 Å². The maximum absolute atomic E-state index is 12.0. The van der Waals surface area contributed by atoms with Crippen LogP contribution in [0.25, 0.3) is 0 Å². The van der Waals surface area contributed by atoms with E-state index in [9.17, 15) is 14.7 Å². The third-order valence-corrected chi connectivity index (χ3v) is 3.90. The zero-order valence-electron chi connectivity index (χ0n) is 12.2. The minimum Gasteiger partial charge on any atom is -0.391 e. The van der Waals surface area contributed by atoms with Crippen molar-refractivity contribution >= 4 is 11.6 Å². The number of aliphatic hydroxyl groups is 1. The Morgan fingerprint density at radius 3 is 2.82 bits per heavy atom. The zero-order valence-corrected chi connectivity index (χ0v) is 13.0. The van der Waals surface area contributed by atoms with E-state index in [0.717, 1.165) is 10.9 Å². The summed E-state index contributed by atoms with van der Waals surface area (Å²) in [6, 6.07) is 0. The van der Waals surface area contributed by atoms with Crippen LogP contribution in [-0.2, 0) is 9.47 Å². The second-order valence-corrected chi connectivity index (χ2v) is 5.51. The summed E-state index contributed by atoms with van der Waals surface area (Å²) < 4.78 is 12.1. The minimum absolute atomic E-state index is 0.742. The molecule has 1 aliphatic heterocycles. The van der Waals surface area contributed by atoms with Crippen molar-refractivity contribution in [3.05, 3.63) is 27.3 Å². The van der Waals surface area contributed by atoms with E-state index < -0.39 is 40.8 Å². The first-order valence-corrected chi connectivity index (χ1v) is 6.89. The van der Waals surface area contributed by atoms with Gasteiger partial charge >= 0.3 is 11.4 Å². The molecule has 1 fully saturated rings. The van der Waals surface area contributed by atoms with E-state index in [0.29, 0.717) is 0 Å². The average Bonchev–Trinajstić information content (AvgIpc) is 2.72. The van der Waals surface area contributed by atoms with Crippen molar-refractivity contribution < 1.29 is 14.6 Å². The smallest absolute Gasteiger partial charge is 0.350 e. The van der Waals surface area contributed by atoms with Crippen LogP contribution >= 0.6 is 11.6 Å². The van der Waals surface area contributed by atoms with E-state index in [2.05, 4.69) is 16.8 Å². The number of alkyl halides is 1. The number of aliphatic hydroxyl groups excluding tert-OH is 1. The lowest BCUT2D eigenvalue weighted by molar-refractivity contribution is -0.0840. The number of nitrogens with one attached hydrogen (secondary N) is 1. The summed E-state index contributed by atoms with van der Waals surface area (Å²) >= 11 is 6.57. The molecular formula is C13H16ClN3O5. The third-order valence-electron chi connectivity index (χ3n) is 3.40. The van der Waals surface area contributed by atoms with Crippen LogP contribution in [0.5, 0.6) is 0 Å². The normalized spacial score (nSPS) is 32.3. The lowest BCUT2D eigenvalue weighted by atomic mass is 9.96. The maximum atomic E-state index is 12.0. The molecule has 5 atom stereocenters. The number of rotatable bonds is 3. The molecular weight excluding hydrogens is 314 g/mol. The first kappa shape index (κ1) is 16.7. The number of H-pyrrole nitrogens is 1. The summed E-state index contributed by atoms with van der Waals surface area (Å²) in [7, 11) is 1.41. The van der Waals surface area contributed by atoms with Gasteiger partial charge in [0.15, 0.2) is 11.1 Å². The highest BCUT2D eigenvalue weighted by molar-refractivity contribution is 6.27. The molecule has 2 N–H and O–H groups in total. The fraction of sp³-hybridized carbons (Fsp3) is 0.615. The predicted molar refractivity (Wildman–Crippen MR) is 77.5 cm³/mol. The molecule has 22 heavy (non-hydrogen) atoms. The van der Waals surface area contributed by atoms with Gasteiger partial charge in [-0.1, -0.05) is 17.5 Å². The Bertz CT molecular complexity index is 719. The summed E-state index contributed by atoms with van der Waals surface area (Å²) in [6.45, 7) is 3.10. The largest absolute Gasteiger partial charge is 0.391 e. The van der Waals surface area contributed by atoms with Crippen LogP contribution in [0.15, 0.2) is 15.9 Å². The Kier molecular flexibility index (Phi) is 4.72. The van der Waals surface area contributed by atoms with Gasteiger partial charge in [0, 0.05) is 7.11 Å².